The second-order valence-electron chi connectivity index (χ2n) is 9.00. The third kappa shape index (κ3) is 3.13. The Balaban J connectivity index is 1.51. The number of amides is 1. The predicted molar refractivity (Wildman–Crippen MR) is 116 cm³/mol. The number of ether oxygens (including phenoxy) is 3. The van der Waals surface area contributed by atoms with Crippen molar-refractivity contribution in [2.45, 2.75) is 31.2 Å². The van der Waals surface area contributed by atoms with Gasteiger partial charge in [-0.25, -0.2) is 9.98 Å². The number of anilines is 1. The molecule has 1 atom stereocenters. The molecule has 3 aliphatic heterocycles. The molecule has 0 radical (unpaired) electrons. The van der Waals surface area contributed by atoms with Gasteiger partial charge in [-0.3, -0.25) is 4.79 Å². The van der Waals surface area contributed by atoms with Crippen LogP contribution in [0.25, 0.3) is 0 Å². The normalized spacial score (nSPS) is 24.0. The number of fused-ring (bicyclic) bond motifs is 3. The largest absolute Gasteiger partial charge is 0.487 e. The van der Waals surface area contributed by atoms with Crippen LogP contribution in [0.2, 0.25) is 5.02 Å². The van der Waals surface area contributed by atoms with Gasteiger partial charge in [0.1, 0.15) is 29.2 Å². The van der Waals surface area contributed by atoms with Gasteiger partial charge in [0.15, 0.2) is 0 Å². The van der Waals surface area contributed by atoms with E-state index in [4.69, 9.17) is 31.5 Å². The number of pyridine rings is 1. The van der Waals surface area contributed by atoms with E-state index in [0.29, 0.717) is 42.5 Å². The summed E-state index contributed by atoms with van der Waals surface area (Å²) in [7, 11) is 0. The molecule has 0 saturated carbocycles. The fourth-order valence-electron chi connectivity index (χ4n) is 4.81. The van der Waals surface area contributed by atoms with Crippen LogP contribution in [0.15, 0.2) is 35.5 Å². The van der Waals surface area contributed by atoms with Crippen LogP contribution in [0.1, 0.15) is 35.5 Å². The summed E-state index contributed by atoms with van der Waals surface area (Å²) in [5.74, 6) is -0.217. The van der Waals surface area contributed by atoms with Crippen LogP contribution in [-0.2, 0) is 21.2 Å². The quantitative estimate of drug-likeness (QED) is 0.656. The van der Waals surface area contributed by atoms with Crippen LogP contribution >= 0.6 is 11.6 Å². The molecule has 3 aliphatic rings. The van der Waals surface area contributed by atoms with Crippen molar-refractivity contribution in [3.63, 3.8) is 0 Å². The van der Waals surface area contributed by atoms with E-state index in [2.05, 4.69) is 15.3 Å². The van der Waals surface area contributed by atoms with E-state index < -0.39 is 39.2 Å². The SMILES string of the molecule is CC1(C)Oc2ccc(NC(=O)c3ncc(C(F)(F)F)cc3Cl)cc2C2(COC(N)=N2)C12COC2. The predicted octanol–water partition coefficient (Wildman–Crippen LogP) is 3.73. The molecule has 2 aromatic rings. The van der Waals surface area contributed by atoms with Crippen LogP contribution < -0.4 is 15.8 Å². The lowest BCUT2D eigenvalue weighted by Gasteiger charge is -2.61. The highest BCUT2D eigenvalue weighted by molar-refractivity contribution is 6.34. The van der Waals surface area contributed by atoms with Crippen LogP contribution in [-0.4, -0.2) is 42.3 Å². The molecule has 4 heterocycles. The number of benzene rings is 1. The maximum absolute atomic E-state index is 12.9. The molecule has 3 N–H and O–H groups in total. The van der Waals surface area contributed by atoms with Gasteiger partial charge >= 0.3 is 6.18 Å². The number of halogens is 4. The first kappa shape index (κ1) is 22.7. The Morgan fingerprint density at radius 1 is 1.21 bits per heavy atom. The van der Waals surface area contributed by atoms with Crippen molar-refractivity contribution < 1.29 is 32.2 Å². The number of carbonyl (C=O) groups excluding carboxylic acids is 1. The minimum atomic E-state index is -4.63. The molecular weight excluding hydrogens is 477 g/mol. The number of nitrogens with zero attached hydrogens (tertiary/aromatic N) is 2. The van der Waals surface area contributed by atoms with E-state index in [1.54, 1.807) is 18.2 Å². The van der Waals surface area contributed by atoms with Crippen molar-refractivity contribution in [3.8, 4) is 5.75 Å². The molecule has 1 unspecified atom stereocenters. The molecule has 1 fully saturated rings. The molecule has 0 aliphatic carbocycles. The zero-order chi connectivity index (χ0) is 24.5. The van der Waals surface area contributed by atoms with E-state index in [1.807, 2.05) is 13.8 Å². The maximum atomic E-state index is 12.9. The first-order valence-corrected chi connectivity index (χ1v) is 10.7. The van der Waals surface area contributed by atoms with Gasteiger partial charge in [-0.05, 0) is 38.1 Å². The summed E-state index contributed by atoms with van der Waals surface area (Å²) in [6.07, 6.45) is -4.06. The van der Waals surface area contributed by atoms with Gasteiger partial charge in [-0.1, -0.05) is 11.6 Å². The summed E-state index contributed by atoms with van der Waals surface area (Å²) in [5.41, 5.74) is 3.41. The second kappa shape index (κ2) is 7.22. The molecule has 1 amide bonds. The van der Waals surface area contributed by atoms with Gasteiger partial charge in [0.05, 0.1) is 29.2 Å². The summed E-state index contributed by atoms with van der Waals surface area (Å²) in [6, 6.07) is 5.69. The lowest BCUT2D eigenvalue weighted by Crippen LogP contribution is -2.71. The number of hydrogen-bond acceptors (Lipinski definition) is 7. The second-order valence-corrected chi connectivity index (χ2v) is 9.41. The van der Waals surface area contributed by atoms with E-state index in [9.17, 15) is 18.0 Å². The molecule has 5 rings (SSSR count). The highest BCUT2D eigenvalue weighted by Crippen LogP contribution is 2.62. The van der Waals surface area contributed by atoms with Gasteiger partial charge in [0.2, 0.25) is 0 Å². The number of alkyl halides is 3. The zero-order valence-corrected chi connectivity index (χ0v) is 18.9. The first-order chi connectivity index (χ1) is 15.9. The molecule has 2 spiro atoms. The third-order valence-corrected chi connectivity index (χ3v) is 7.09. The summed E-state index contributed by atoms with van der Waals surface area (Å²) in [5, 5.41) is 2.22. The third-order valence-electron chi connectivity index (χ3n) is 6.80. The molecule has 34 heavy (non-hydrogen) atoms. The van der Waals surface area contributed by atoms with E-state index in [0.717, 1.165) is 0 Å². The van der Waals surface area contributed by atoms with Crippen LogP contribution in [0.5, 0.6) is 5.75 Å². The minimum Gasteiger partial charge on any atom is -0.487 e. The highest BCUT2D eigenvalue weighted by atomic mass is 35.5. The minimum absolute atomic E-state index is 0.0464. The number of rotatable bonds is 2. The monoisotopic (exact) mass is 496 g/mol. The first-order valence-electron chi connectivity index (χ1n) is 10.3. The van der Waals surface area contributed by atoms with Gasteiger partial charge in [-0.15, -0.1) is 0 Å². The summed E-state index contributed by atoms with van der Waals surface area (Å²) >= 11 is 5.92. The average molecular weight is 497 g/mol. The number of nitrogens with two attached hydrogens (primary N) is 1. The molecular formula is C22H20ClF3N4O4. The van der Waals surface area contributed by atoms with E-state index >= 15 is 0 Å². The number of nitrogens with one attached hydrogen (secondary N) is 1. The van der Waals surface area contributed by atoms with Crippen molar-refractivity contribution in [2.75, 3.05) is 25.1 Å². The lowest BCUT2D eigenvalue weighted by molar-refractivity contribution is -0.247. The number of hydrogen-bond donors (Lipinski definition) is 2. The van der Waals surface area contributed by atoms with Gasteiger partial charge in [-0.2, -0.15) is 13.2 Å². The van der Waals surface area contributed by atoms with Crippen LogP contribution in [0.3, 0.4) is 0 Å². The Morgan fingerprint density at radius 3 is 2.50 bits per heavy atom. The molecule has 8 nitrogen and oxygen atoms in total. The Hall–Kier alpha value is -3.05. The topological polar surface area (TPSA) is 108 Å². The average Bonchev–Trinajstić information content (AvgIpc) is 3.08. The Bertz CT molecular complexity index is 1230. The summed E-state index contributed by atoms with van der Waals surface area (Å²) < 4.78 is 56.1. The van der Waals surface area contributed by atoms with Crippen molar-refractivity contribution in [3.05, 3.63) is 52.3 Å². The summed E-state index contributed by atoms with van der Waals surface area (Å²) in [4.78, 5) is 21.1. The molecule has 1 aromatic carbocycles. The maximum Gasteiger partial charge on any atom is 0.417 e. The lowest BCUT2D eigenvalue weighted by atomic mass is 9.55. The van der Waals surface area contributed by atoms with Gasteiger partial charge in [0.25, 0.3) is 11.9 Å². The standard InChI is InChI=1S/C22H20ClF3N4O4/c1-19(2)20(8-32-9-20)21(10-33-18(27)30-21)13-6-12(3-4-15(13)34-19)29-17(31)16-14(23)5-11(7-28-16)22(24,25)26/h3-7H,8-10H2,1-2H3,(H2,27,30)(H,29,31). The van der Waals surface area contributed by atoms with Crippen molar-refractivity contribution in [2.24, 2.45) is 16.1 Å². The van der Waals surface area contributed by atoms with Crippen LogP contribution in [0, 0.1) is 5.41 Å². The van der Waals surface area contributed by atoms with Gasteiger partial charge < -0.3 is 25.3 Å². The number of aliphatic imine (C=N–C) groups is 1. The fraction of sp³-hybridized carbons (Fsp3) is 0.409. The van der Waals surface area contributed by atoms with Gasteiger partial charge in [0, 0.05) is 17.4 Å². The Kier molecular flexibility index (Phi) is 4.83. The number of carbonyl (C=O) groups is 1. The molecule has 180 valence electrons. The molecule has 12 heteroatoms. The van der Waals surface area contributed by atoms with Crippen molar-refractivity contribution in [1.82, 2.24) is 4.98 Å². The Labute approximate surface area is 197 Å². The number of aromatic nitrogens is 1. The molecule has 0 bridgehead atoms. The van der Waals surface area contributed by atoms with Crippen LogP contribution in [0.4, 0.5) is 18.9 Å². The highest BCUT2D eigenvalue weighted by Gasteiger charge is 2.71. The summed E-state index contributed by atoms with van der Waals surface area (Å²) in [6.45, 7) is 4.84. The fourth-order valence-corrected chi connectivity index (χ4v) is 5.06. The molecule has 1 aromatic heterocycles. The van der Waals surface area contributed by atoms with E-state index in [1.165, 1.54) is 0 Å². The Morgan fingerprint density at radius 2 is 1.94 bits per heavy atom. The molecule has 1 saturated heterocycles. The van der Waals surface area contributed by atoms with E-state index in [-0.39, 0.29) is 18.3 Å². The zero-order valence-electron chi connectivity index (χ0n) is 18.1. The van der Waals surface area contributed by atoms with Crippen molar-refractivity contribution >= 4 is 29.2 Å². The van der Waals surface area contributed by atoms with Crippen molar-refractivity contribution in [1.29, 1.82) is 0 Å². The smallest absolute Gasteiger partial charge is 0.417 e. The number of amidine groups is 1.